The van der Waals surface area contributed by atoms with Gasteiger partial charge in [0.1, 0.15) is 17.0 Å². The Labute approximate surface area is 167 Å². The molecule has 0 aliphatic rings. The maximum Gasteiger partial charge on any atom is 0.149 e. The van der Waals surface area contributed by atoms with Gasteiger partial charge in [-0.2, -0.15) is 5.10 Å². The largest absolute Gasteiger partial charge is 0.395 e. The van der Waals surface area contributed by atoms with Crippen molar-refractivity contribution in [3.05, 3.63) is 53.0 Å². The summed E-state index contributed by atoms with van der Waals surface area (Å²) in [4.78, 5) is 9.84. The molecule has 6 nitrogen and oxygen atoms in total. The number of nitrogens with one attached hydrogen (secondary N) is 1. The summed E-state index contributed by atoms with van der Waals surface area (Å²) < 4.78 is 0.999. The molecule has 0 saturated heterocycles. The zero-order valence-corrected chi connectivity index (χ0v) is 17.3. The molecule has 0 aliphatic heterocycles. The van der Waals surface area contributed by atoms with Crippen LogP contribution in [0.3, 0.4) is 0 Å². The predicted molar refractivity (Wildman–Crippen MR) is 114 cm³/mol. The molecular formula is C21H23N5OS. The molecule has 7 heteroatoms. The molecule has 4 rings (SSSR count). The van der Waals surface area contributed by atoms with Gasteiger partial charge < -0.3 is 10.4 Å². The van der Waals surface area contributed by atoms with Gasteiger partial charge in [-0.25, -0.2) is 9.97 Å². The van der Waals surface area contributed by atoms with Crippen LogP contribution in [0.2, 0.25) is 0 Å². The summed E-state index contributed by atoms with van der Waals surface area (Å²) in [6, 6.07) is 8.32. The van der Waals surface area contributed by atoms with Crippen molar-refractivity contribution in [2.45, 2.75) is 39.7 Å². The van der Waals surface area contributed by atoms with E-state index in [1.165, 1.54) is 0 Å². The highest BCUT2D eigenvalue weighted by molar-refractivity contribution is 7.25. The van der Waals surface area contributed by atoms with Crippen LogP contribution in [0.15, 0.2) is 30.6 Å². The minimum atomic E-state index is -0.237. The second kappa shape index (κ2) is 7.07. The van der Waals surface area contributed by atoms with Gasteiger partial charge in [0, 0.05) is 17.3 Å². The molecular weight excluding hydrogens is 370 g/mol. The fourth-order valence-corrected chi connectivity index (χ4v) is 4.26. The smallest absolute Gasteiger partial charge is 0.149 e. The number of benzene rings is 1. The van der Waals surface area contributed by atoms with Gasteiger partial charge >= 0.3 is 0 Å². The zero-order valence-electron chi connectivity index (χ0n) is 16.4. The highest BCUT2D eigenvalue weighted by Gasteiger charge is 2.19. The number of anilines is 1. The Morgan fingerprint density at radius 2 is 1.82 bits per heavy atom. The normalized spacial score (nSPS) is 12.0. The van der Waals surface area contributed by atoms with Crippen molar-refractivity contribution in [3.8, 4) is 0 Å². The second-order valence-corrected chi connectivity index (χ2v) is 8.68. The SMILES string of the molecule is Cc1nnc2sc3c(NCc4ccc(C(C)(C)CO)cc4)ncnc3c2c1C. The molecule has 0 aliphatic carbocycles. The Balaban J connectivity index is 1.63. The number of fused-ring (bicyclic) bond motifs is 3. The number of nitrogens with zero attached hydrogens (tertiary/aromatic N) is 4. The van der Waals surface area contributed by atoms with Crippen molar-refractivity contribution in [1.29, 1.82) is 0 Å². The average Bonchev–Trinajstić information content (AvgIpc) is 3.09. The third-order valence-electron chi connectivity index (χ3n) is 5.25. The molecule has 0 spiro atoms. The first-order valence-electron chi connectivity index (χ1n) is 9.22. The Kier molecular flexibility index (Phi) is 4.72. The number of aliphatic hydroxyl groups excluding tert-OH is 1. The molecule has 0 atom stereocenters. The van der Waals surface area contributed by atoms with Crippen molar-refractivity contribution in [1.82, 2.24) is 20.2 Å². The molecule has 0 unspecified atom stereocenters. The first kappa shape index (κ1) is 18.7. The van der Waals surface area contributed by atoms with Gasteiger partial charge in [0.15, 0.2) is 0 Å². The number of aromatic nitrogens is 4. The van der Waals surface area contributed by atoms with Gasteiger partial charge in [0.05, 0.1) is 22.5 Å². The highest BCUT2D eigenvalue weighted by atomic mass is 32.1. The topological polar surface area (TPSA) is 83.8 Å². The third kappa shape index (κ3) is 3.21. The number of aryl methyl sites for hydroxylation is 2. The first-order valence-corrected chi connectivity index (χ1v) is 10.0. The fraction of sp³-hybridized carbons (Fsp3) is 0.333. The van der Waals surface area contributed by atoms with Crippen molar-refractivity contribution >= 4 is 37.6 Å². The Bertz CT molecular complexity index is 1150. The predicted octanol–water partition coefficient (Wildman–Crippen LogP) is 4.13. The molecule has 1 aromatic carbocycles. The number of rotatable bonds is 5. The maximum absolute atomic E-state index is 9.53. The van der Waals surface area contributed by atoms with E-state index in [-0.39, 0.29) is 12.0 Å². The average molecular weight is 394 g/mol. The van der Waals surface area contributed by atoms with Crippen LogP contribution in [0, 0.1) is 13.8 Å². The second-order valence-electron chi connectivity index (χ2n) is 7.69. The summed E-state index contributed by atoms with van der Waals surface area (Å²) in [5.74, 6) is 0.810. The van der Waals surface area contributed by atoms with Crippen LogP contribution in [0.4, 0.5) is 5.82 Å². The quantitative estimate of drug-likeness (QED) is 0.530. The minimum Gasteiger partial charge on any atom is -0.395 e. The fourth-order valence-electron chi connectivity index (χ4n) is 3.16. The summed E-state index contributed by atoms with van der Waals surface area (Å²) in [5, 5.41) is 22.6. The van der Waals surface area contributed by atoms with Crippen molar-refractivity contribution in [2.24, 2.45) is 0 Å². The molecule has 2 N–H and O–H groups in total. The Hall–Kier alpha value is -2.64. The molecule has 0 bridgehead atoms. The first-order chi connectivity index (χ1) is 13.4. The summed E-state index contributed by atoms with van der Waals surface area (Å²) in [5.41, 5.74) is 5.00. The molecule has 0 saturated carbocycles. The van der Waals surface area contributed by atoms with E-state index >= 15 is 0 Å². The van der Waals surface area contributed by atoms with Crippen molar-refractivity contribution < 1.29 is 5.11 Å². The lowest BCUT2D eigenvalue weighted by molar-refractivity contribution is 0.218. The molecule has 0 radical (unpaired) electrons. The summed E-state index contributed by atoms with van der Waals surface area (Å²) in [6.45, 7) is 8.87. The van der Waals surface area contributed by atoms with E-state index < -0.39 is 0 Å². The van der Waals surface area contributed by atoms with E-state index in [0.717, 1.165) is 48.6 Å². The van der Waals surface area contributed by atoms with E-state index in [2.05, 4.69) is 56.7 Å². The number of hydrogen-bond acceptors (Lipinski definition) is 7. The van der Waals surface area contributed by atoms with Crippen molar-refractivity contribution in [2.75, 3.05) is 11.9 Å². The van der Waals surface area contributed by atoms with Gasteiger partial charge in [-0.1, -0.05) is 38.1 Å². The van der Waals surface area contributed by atoms with Gasteiger partial charge in [-0.05, 0) is 30.5 Å². The Morgan fingerprint density at radius 3 is 2.54 bits per heavy atom. The molecule has 0 amide bonds. The standard InChI is InChI=1S/C21H23N5OS/c1-12-13(2)25-26-20-16(12)17-18(28-20)19(24-11-23-17)22-9-14-5-7-15(8-6-14)21(3,4)10-27/h5-8,11,27H,9-10H2,1-4H3,(H,22,23,24). The lowest BCUT2D eigenvalue weighted by atomic mass is 9.85. The summed E-state index contributed by atoms with van der Waals surface area (Å²) >= 11 is 1.57. The van der Waals surface area contributed by atoms with Gasteiger partial charge in [-0.15, -0.1) is 16.4 Å². The highest BCUT2D eigenvalue weighted by Crippen LogP contribution is 2.36. The number of hydrogen-bond donors (Lipinski definition) is 2. The van der Waals surface area contributed by atoms with Gasteiger partial charge in [0.2, 0.25) is 0 Å². The molecule has 144 valence electrons. The van der Waals surface area contributed by atoms with Crippen LogP contribution >= 0.6 is 11.3 Å². The maximum atomic E-state index is 9.53. The van der Waals surface area contributed by atoms with Gasteiger partial charge in [-0.3, -0.25) is 0 Å². The molecule has 28 heavy (non-hydrogen) atoms. The monoisotopic (exact) mass is 393 g/mol. The van der Waals surface area contributed by atoms with Crippen molar-refractivity contribution in [3.63, 3.8) is 0 Å². The van der Waals surface area contributed by atoms with Crippen LogP contribution in [-0.4, -0.2) is 31.9 Å². The lowest BCUT2D eigenvalue weighted by Crippen LogP contribution is -2.21. The van der Waals surface area contributed by atoms with Crippen LogP contribution < -0.4 is 5.32 Å². The molecule has 3 heterocycles. The Morgan fingerprint density at radius 1 is 1.07 bits per heavy atom. The summed E-state index contributed by atoms with van der Waals surface area (Å²) in [7, 11) is 0. The minimum absolute atomic E-state index is 0.122. The van der Waals surface area contributed by atoms with E-state index in [1.807, 2.05) is 20.8 Å². The van der Waals surface area contributed by atoms with Crippen LogP contribution in [0.5, 0.6) is 0 Å². The van der Waals surface area contributed by atoms with Gasteiger partial charge in [0.25, 0.3) is 0 Å². The third-order valence-corrected chi connectivity index (χ3v) is 6.32. The zero-order chi connectivity index (χ0) is 19.9. The molecule has 3 aromatic heterocycles. The molecule has 0 fully saturated rings. The van der Waals surface area contributed by atoms with E-state index in [1.54, 1.807) is 17.7 Å². The molecule has 4 aromatic rings. The number of thiophene rings is 1. The van der Waals surface area contributed by atoms with E-state index in [0.29, 0.717) is 6.54 Å². The summed E-state index contributed by atoms with van der Waals surface area (Å²) in [6.07, 6.45) is 1.60. The van der Waals surface area contributed by atoms with Crippen LogP contribution in [0.1, 0.15) is 36.2 Å². The van der Waals surface area contributed by atoms with Crippen LogP contribution in [0.25, 0.3) is 20.4 Å². The van der Waals surface area contributed by atoms with E-state index in [4.69, 9.17) is 0 Å². The van der Waals surface area contributed by atoms with Crippen LogP contribution in [-0.2, 0) is 12.0 Å². The van der Waals surface area contributed by atoms with E-state index in [9.17, 15) is 5.11 Å². The number of aliphatic hydroxyl groups is 1. The lowest BCUT2D eigenvalue weighted by Gasteiger charge is -2.22.